The molecule has 1 saturated carbocycles. The number of hydrogen-bond donors (Lipinski definition) is 2. The van der Waals surface area contributed by atoms with Crippen LogP contribution in [0.25, 0.3) is 0 Å². The normalized spacial score (nSPS) is 20.5. The minimum absolute atomic E-state index is 0.0202. The lowest BCUT2D eigenvalue weighted by molar-refractivity contribution is -0.147. The van der Waals surface area contributed by atoms with Gasteiger partial charge in [-0.15, -0.1) is 0 Å². The first-order valence-electron chi connectivity index (χ1n) is 13.1. The van der Waals surface area contributed by atoms with Crippen LogP contribution < -0.4 is 10.6 Å². The van der Waals surface area contributed by atoms with Crippen molar-refractivity contribution in [2.75, 3.05) is 31.6 Å². The molecule has 1 heterocycles. The molecule has 2 aromatic rings. The third kappa shape index (κ3) is 6.25. The van der Waals surface area contributed by atoms with Crippen molar-refractivity contribution < 1.29 is 14.3 Å². The van der Waals surface area contributed by atoms with Crippen LogP contribution in [-0.4, -0.2) is 55.4 Å². The smallest absolute Gasteiger partial charge is 0.308 e. The molecule has 2 aromatic carbocycles. The van der Waals surface area contributed by atoms with E-state index >= 15 is 0 Å². The molecular weight excluding hydrogens is 452 g/mol. The van der Waals surface area contributed by atoms with Gasteiger partial charge in [0.05, 0.1) is 13.0 Å². The Morgan fingerprint density at radius 1 is 0.944 bits per heavy atom. The molecular formula is C29H38N4O3. The second kappa shape index (κ2) is 12.1. The van der Waals surface area contributed by atoms with Gasteiger partial charge in [0.25, 0.3) is 0 Å². The third-order valence-corrected chi connectivity index (χ3v) is 7.83. The van der Waals surface area contributed by atoms with E-state index in [-0.39, 0.29) is 35.6 Å². The van der Waals surface area contributed by atoms with Gasteiger partial charge < -0.3 is 20.3 Å². The van der Waals surface area contributed by atoms with Gasteiger partial charge in [0.1, 0.15) is 5.84 Å². The van der Waals surface area contributed by atoms with Gasteiger partial charge in [-0.3, -0.25) is 15.0 Å². The minimum atomic E-state index is -0.126. The summed E-state index contributed by atoms with van der Waals surface area (Å²) in [5, 5.41) is 7.58. The van der Waals surface area contributed by atoms with Crippen LogP contribution >= 0.6 is 0 Å². The summed E-state index contributed by atoms with van der Waals surface area (Å²) in [6.45, 7) is 2.37. The van der Waals surface area contributed by atoms with E-state index in [2.05, 4.69) is 21.9 Å². The van der Waals surface area contributed by atoms with E-state index in [1.807, 2.05) is 42.5 Å². The monoisotopic (exact) mass is 490 g/mol. The fourth-order valence-corrected chi connectivity index (χ4v) is 5.63. The Morgan fingerprint density at radius 2 is 1.58 bits per heavy atom. The van der Waals surface area contributed by atoms with Crippen molar-refractivity contribution in [2.45, 2.75) is 51.0 Å². The number of nitrogens with one attached hydrogen (secondary N) is 1. The number of anilines is 1. The number of carbonyl (C=O) groups excluding carboxylic acids is 2. The Morgan fingerprint density at radius 3 is 2.17 bits per heavy atom. The van der Waals surface area contributed by atoms with Crippen LogP contribution in [0.4, 0.5) is 5.69 Å². The van der Waals surface area contributed by atoms with Crippen molar-refractivity contribution in [3.05, 3.63) is 65.7 Å². The molecule has 7 heteroatoms. The Bertz CT molecular complexity index is 1020. The molecule has 0 atom stereocenters. The maximum absolute atomic E-state index is 13.8. The van der Waals surface area contributed by atoms with Gasteiger partial charge in [-0.05, 0) is 74.8 Å². The zero-order valence-electron chi connectivity index (χ0n) is 21.2. The second-order valence-corrected chi connectivity index (χ2v) is 10.0. The van der Waals surface area contributed by atoms with E-state index in [9.17, 15) is 9.59 Å². The highest BCUT2D eigenvalue weighted by Crippen LogP contribution is 2.31. The largest absolute Gasteiger partial charge is 0.469 e. The van der Waals surface area contributed by atoms with Crippen molar-refractivity contribution in [3.8, 4) is 0 Å². The molecule has 1 aliphatic heterocycles. The number of nitrogens with zero attached hydrogens (tertiary/aromatic N) is 2. The number of amidine groups is 1. The third-order valence-electron chi connectivity index (χ3n) is 7.83. The zero-order chi connectivity index (χ0) is 25.5. The van der Waals surface area contributed by atoms with Gasteiger partial charge in [0.15, 0.2) is 0 Å². The molecule has 36 heavy (non-hydrogen) atoms. The van der Waals surface area contributed by atoms with Crippen molar-refractivity contribution >= 4 is 23.4 Å². The number of nitrogen functional groups attached to an aromatic ring is 1. The number of carbonyl (C=O) groups is 2. The molecule has 0 bridgehead atoms. The van der Waals surface area contributed by atoms with Gasteiger partial charge in [-0.1, -0.05) is 30.3 Å². The Hall–Kier alpha value is -3.35. The van der Waals surface area contributed by atoms with E-state index in [0.717, 1.165) is 69.3 Å². The van der Waals surface area contributed by atoms with Gasteiger partial charge in [0.2, 0.25) is 5.91 Å². The lowest BCUT2D eigenvalue weighted by atomic mass is 9.84. The first-order valence-corrected chi connectivity index (χ1v) is 13.1. The van der Waals surface area contributed by atoms with Crippen LogP contribution in [0.2, 0.25) is 0 Å². The molecule has 3 N–H and O–H groups in total. The molecule has 1 amide bonds. The molecule has 2 fully saturated rings. The van der Waals surface area contributed by atoms with Crippen molar-refractivity contribution in [1.29, 1.82) is 5.41 Å². The topological polar surface area (TPSA) is 99.7 Å². The summed E-state index contributed by atoms with van der Waals surface area (Å²) in [6, 6.07) is 18.3. The fraction of sp³-hybridized carbons (Fsp3) is 0.483. The summed E-state index contributed by atoms with van der Waals surface area (Å²) in [7, 11) is 1.45. The maximum atomic E-state index is 13.8. The second-order valence-electron chi connectivity index (χ2n) is 10.0. The number of hydrogen-bond acceptors (Lipinski definition) is 5. The van der Waals surface area contributed by atoms with Gasteiger partial charge in [-0.2, -0.15) is 0 Å². The minimum Gasteiger partial charge on any atom is -0.469 e. The van der Waals surface area contributed by atoms with E-state index < -0.39 is 0 Å². The van der Waals surface area contributed by atoms with Gasteiger partial charge in [-0.25, -0.2) is 0 Å². The number of amides is 1. The number of esters is 1. The SMILES string of the molecule is COC(=O)C1CCC(N(CCc2ccccc2)C(=O)C2CCN(c3ccc(C(=N)N)cc3)CC2)CC1. The van der Waals surface area contributed by atoms with Crippen LogP contribution in [0.3, 0.4) is 0 Å². The molecule has 0 radical (unpaired) electrons. The predicted molar refractivity (Wildman–Crippen MR) is 142 cm³/mol. The zero-order valence-corrected chi connectivity index (χ0v) is 21.2. The van der Waals surface area contributed by atoms with E-state index in [0.29, 0.717) is 6.54 Å². The predicted octanol–water partition coefficient (Wildman–Crippen LogP) is 3.99. The number of rotatable bonds is 8. The van der Waals surface area contributed by atoms with Crippen LogP contribution in [0.5, 0.6) is 0 Å². The number of methoxy groups -OCH3 is 1. The first-order chi connectivity index (χ1) is 17.5. The average Bonchev–Trinajstić information content (AvgIpc) is 2.93. The number of ether oxygens (including phenoxy) is 1. The van der Waals surface area contributed by atoms with Gasteiger partial charge in [0, 0.05) is 42.8 Å². The summed E-state index contributed by atoms with van der Waals surface area (Å²) in [6.07, 6.45) is 5.75. The summed E-state index contributed by atoms with van der Waals surface area (Å²) < 4.78 is 4.96. The van der Waals surface area contributed by atoms with E-state index in [1.165, 1.54) is 12.7 Å². The molecule has 0 aromatic heterocycles. The lowest BCUT2D eigenvalue weighted by Gasteiger charge is -2.40. The van der Waals surface area contributed by atoms with Crippen molar-refractivity contribution in [3.63, 3.8) is 0 Å². The molecule has 7 nitrogen and oxygen atoms in total. The fourth-order valence-electron chi connectivity index (χ4n) is 5.63. The maximum Gasteiger partial charge on any atom is 0.308 e. The van der Waals surface area contributed by atoms with Crippen molar-refractivity contribution in [1.82, 2.24) is 4.90 Å². The molecule has 4 rings (SSSR count). The van der Waals surface area contributed by atoms with Crippen LogP contribution in [0, 0.1) is 17.2 Å². The summed E-state index contributed by atoms with van der Waals surface area (Å²) >= 11 is 0. The molecule has 0 unspecified atom stereocenters. The first kappa shape index (κ1) is 25.7. The molecule has 0 spiro atoms. The van der Waals surface area contributed by atoms with E-state index in [1.54, 1.807) is 0 Å². The summed E-state index contributed by atoms with van der Waals surface area (Å²) in [5.74, 6) is 0.183. The highest BCUT2D eigenvalue weighted by molar-refractivity contribution is 5.95. The number of benzene rings is 2. The van der Waals surface area contributed by atoms with Crippen LogP contribution in [0.15, 0.2) is 54.6 Å². The quantitative estimate of drug-likeness (QED) is 0.331. The molecule has 1 saturated heterocycles. The standard InChI is InChI=1S/C29H38N4O3/c1-36-29(35)24-9-13-26(14-10-24)33(20-15-21-5-3-2-4-6-21)28(34)23-16-18-32(19-17-23)25-11-7-22(8-12-25)27(30)31/h2-8,11-12,23-24,26H,9-10,13-20H2,1H3,(H3,30,31). The highest BCUT2D eigenvalue weighted by atomic mass is 16.5. The summed E-state index contributed by atoms with van der Waals surface area (Å²) in [5.41, 5.74) is 8.64. The highest BCUT2D eigenvalue weighted by Gasteiger charge is 2.35. The molecule has 1 aliphatic carbocycles. The number of piperidine rings is 1. The van der Waals surface area contributed by atoms with E-state index in [4.69, 9.17) is 15.9 Å². The van der Waals surface area contributed by atoms with Crippen molar-refractivity contribution in [2.24, 2.45) is 17.6 Å². The Kier molecular flexibility index (Phi) is 8.62. The average molecular weight is 491 g/mol. The van der Waals surface area contributed by atoms with Crippen LogP contribution in [0.1, 0.15) is 49.7 Å². The number of nitrogens with two attached hydrogens (primary N) is 1. The lowest BCUT2D eigenvalue weighted by Crippen LogP contribution is -2.49. The molecule has 2 aliphatic rings. The van der Waals surface area contributed by atoms with Crippen LogP contribution in [-0.2, 0) is 20.7 Å². The molecule has 192 valence electrons. The summed E-state index contributed by atoms with van der Waals surface area (Å²) in [4.78, 5) is 30.3. The Balaban J connectivity index is 1.39. The Labute approximate surface area is 214 Å². The van der Waals surface area contributed by atoms with Gasteiger partial charge >= 0.3 is 5.97 Å².